The third-order valence-electron chi connectivity index (χ3n) is 11.3. The minimum atomic E-state index is -0.532. The van der Waals surface area contributed by atoms with E-state index in [1.54, 1.807) is 11.8 Å². The van der Waals surface area contributed by atoms with E-state index in [2.05, 4.69) is 211 Å². The number of nitrogens with one attached hydrogen (secondary N) is 1. The summed E-state index contributed by atoms with van der Waals surface area (Å²) in [6, 6.07) is 64.8. The number of hydrogen-bond donors (Lipinski definition) is 1. The molecule has 0 spiro atoms. The molecule has 0 aliphatic heterocycles. The SMILES string of the molecule is CCCCN(CCC)CCCN(CCNC(=O)CSC(c1ccccc1)(c1ccccc1)c1ccccc1)CCSC(c1ccccc1)(c1ccccc1)c1ccccc1. The Morgan fingerprint density at radius 1 is 0.433 bits per heavy atom. The molecule has 6 rings (SSSR count). The van der Waals surface area contributed by atoms with Crippen LogP contribution in [0, 0.1) is 0 Å². The third kappa shape index (κ3) is 11.8. The van der Waals surface area contributed by atoms with Gasteiger partial charge >= 0.3 is 0 Å². The molecule has 312 valence electrons. The summed E-state index contributed by atoms with van der Waals surface area (Å²) in [4.78, 5) is 19.1. The van der Waals surface area contributed by atoms with Crippen molar-refractivity contribution in [1.82, 2.24) is 15.1 Å². The number of rotatable bonds is 25. The molecule has 1 amide bonds. The lowest BCUT2D eigenvalue weighted by atomic mass is 9.84. The van der Waals surface area contributed by atoms with Gasteiger partial charge in [-0.05, 0) is 78.8 Å². The summed E-state index contributed by atoms with van der Waals surface area (Å²) in [7, 11) is 0. The first kappa shape index (κ1) is 44.9. The Bertz CT molecular complexity index is 1880. The number of amides is 1. The summed E-state index contributed by atoms with van der Waals surface area (Å²) in [5, 5.41) is 3.35. The average molecular weight is 834 g/mol. The molecule has 0 heterocycles. The van der Waals surface area contributed by atoms with Gasteiger partial charge in [0.05, 0.1) is 15.2 Å². The molecule has 0 aliphatic rings. The quantitative estimate of drug-likeness (QED) is 0.0582. The van der Waals surface area contributed by atoms with Gasteiger partial charge in [0, 0.05) is 25.4 Å². The summed E-state index contributed by atoms with van der Waals surface area (Å²) in [6.45, 7) is 11.3. The second-order valence-electron chi connectivity index (χ2n) is 15.4. The van der Waals surface area contributed by atoms with Gasteiger partial charge in [0.2, 0.25) is 5.91 Å². The zero-order valence-electron chi connectivity index (χ0n) is 35.6. The maximum absolute atomic E-state index is 13.9. The fraction of sp³-hybridized carbons (Fsp3) is 0.315. The highest BCUT2D eigenvalue weighted by atomic mass is 32.2. The largest absolute Gasteiger partial charge is 0.354 e. The molecule has 0 atom stereocenters. The molecule has 0 radical (unpaired) electrons. The van der Waals surface area contributed by atoms with Gasteiger partial charge in [-0.2, -0.15) is 0 Å². The van der Waals surface area contributed by atoms with Crippen LogP contribution < -0.4 is 5.32 Å². The monoisotopic (exact) mass is 833 g/mol. The van der Waals surface area contributed by atoms with E-state index in [9.17, 15) is 4.79 Å². The van der Waals surface area contributed by atoms with Crippen molar-refractivity contribution in [2.75, 3.05) is 57.3 Å². The molecule has 0 saturated heterocycles. The lowest BCUT2D eigenvalue weighted by molar-refractivity contribution is -0.118. The fourth-order valence-corrected chi connectivity index (χ4v) is 11.3. The smallest absolute Gasteiger partial charge is 0.230 e. The summed E-state index contributed by atoms with van der Waals surface area (Å²) in [5.74, 6) is 1.34. The Morgan fingerprint density at radius 3 is 1.15 bits per heavy atom. The zero-order valence-corrected chi connectivity index (χ0v) is 37.3. The molecular formula is C54H63N3OS2. The van der Waals surface area contributed by atoms with E-state index in [0.717, 1.165) is 68.1 Å². The van der Waals surface area contributed by atoms with Crippen LogP contribution in [0.3, 0.4) is 0 Å². The molecular weight excluding hydrogens is 771 g/mol. The predicted molar refractivity (Wildman–Crippen MR) is 259 cm³/mol. The van der Waals surface area contributed by atoms with Gasteiger partial charge < -0.3 is 15.1 Å². The Labute approximate surface area is 369 Å². The lowest BCUT2D eigenvalue weighted by Gasteiger charge is -2.36. The maximum atomic E-state index is 13.9. The fourth-order valence-electron chi connectivity index (χ4n) is 8.33. The molecule has 1 N–H and O–H groups in total. The molecule has 0 bridgehead atoms. The lowest BCUT2D eigenvalue weighted by Crippen LogP contribution is -2.39. The highest BCUT2D eigenvalue weighted by molar-refractivity contribution is 8.01. The van der Waals surface area contributed by atoms with E-state index in [1.165, 1.54) is 36.0 Å². The first-order valence-electron chi connectivity index (χ1n) is 21.9. The van der Waals surface area contributed by atoms with Crippen LogP contribution in [0.4, 0.5) is 0 Å². The van der Waals surface area contributed by atoms with Crippen molar-refractivity contribution in [2.24, 2.45) is 0 Å². The van der Waals surface area contributed by atoms with Crippen molar-refractivity contribution in [3.05, 3.63) is 215 Å². The van der Waals surface area contributed by atoms with Crippen molar-refractivity contribution in [2.45, 2.75) is 49.0 Å². The van der Waals surface area contributed by atoms with Crippen molar-refractivity contribution < 1.29 is 4.79 Å². The van der Waals surface area contributed by atoms with E-state index in [1.807, 2.05) is 11.8 Å². The summed E-state index contributed by atoms with van der Waals surface area (Å²) in [6.07, 6.45) is 4.74. The Hall–Kier alpha value is -4.59. The van der Waals surface area contributed by atoms with E-state index in [4.69, 9.17) is 0 Å². The zero-order chi connectivity index (χ0) is 41.7. The van der Waals surface area contributed by atoms with E-state index >= 15 is 0 Å². The number of hydrogen-bond acceptors (Lipinski definition) is 5. The van der Waals surface area contributed by atoms with Gasteiger partial charge in [0.1, 0.15) is 0 Å². The standard InChI is InChI=1S/C54H63N3OS2/c1-3-5-39-56(38-4-2)40-24-41-57(43-44-59-53(46-25-12-6-13-26-46,47-27-14-7-15-28-47)48-29-16-8-17-30-48)42-37-55-52(58)45-60-54(49-31-18-9-19-32-49,50-33-20-10-21-34-50)51-35-22-11-23-36-51/h6-23,25-36H,3-5,24,37-45H2,1-2H3,(H,55,58). The van der Waals surface area contributed by atoms with Gasteiger partial charge in [-0.3, -0.25) is 4.79 Å². The third-order valence-corrected chi connectivity index (χ3v) is 14.4. The van der Waals surface area contributed by atoms with Crippen LogP contribution in [0.15, 0.2) is 182 Å². The van der Waals surface area contributed by atoms with Crippen LogP contribution in [0.25, 0.3) is 0 Å². The normalized spacial score (nSPS) is 11.9. The van der Waals surface area contributed by atoms with Crippen molar-refractivity contribution in [3.8, 4) is 0 Å². The minimum absolute atomic E-state index is 0.0615. The van der Waals surface area contributed by atoms with E-state index in [-0.39, 0.29) is 10.7 Å². The van der Waals surface area contributed by atoms with Crippen LogP contribution >= 0.6 is 23.5 Å². The van der Waals surface area contributed by atoms with Crippen LogP contribution in [-0.2, 0) is 14.3 Å². The summed E-state index contributed by atoms with van der Waals surface area (Å²) < 4.78 is -0.892. The second-order valence-corrected chi connectivity index (χ2v) is 17.9. The molecule has 0 saturated carbocycles. The molecule has 6 aromatic rings. The Morgan fingerprint density at radius 2 is 0.783 bits per heavy atom. The van der Waals surface area contributed by atoms with Crippen molar-refractivity contribution in [1.29, 1.82) is 0 Å². The van der Waals surface area contributed by atoms with Crippen LogP contribution in [0.5, 0.6) is 0 Å². The average Bonchev–Trinajstić information content (AvgIpc) is 3.31. The van der Waals surface area contributed by atoms with E-state index in [0.29, 0.717) is 12.3 Å². The van der Waals surface area contributed by atoms with Gasteiger partial charge in [-0.1, -0.05) is 202 Å². The Kier molecular flexibility index (Phi) is 18.0. The molecule has 0 aliphatic carbocycles. The minimum Gasteiger partial charge on any atom is -0.354 e. The molecule has 6 aromatic carbocycles. The van der Waals surface area contributed by atoms with Crippen LogP contribution in [0.1, 0.15) is 72.9 Å². The highest BCUT2D eigenvalue weighted by Gasteiger charge is 2.38. The highest BCUT2D eigenvalue weighted by Crippen LogP contribution is 2.49. The molecule has 0 fully saturated rings. The number of unbranched alkanes of at least 4 members (excludes halogenated alkanes) is 1. The summed E-state index contributed by atoms with van der Waals surface area (Å²) in [5.41, 5.74) is 7.35. The number of carbonyl (C=O) groups excluding carboxylic acids is 1. The van der Waals surface area contributed by atoms with Gasteiger partial charge in [-0.15, -0.1) is 23.5 Å². The van der Waals surface area contributed by atoms with Gasteiger partial charge in [0.15, 0.2) is 0 Å². The number of carbonyl (C=O) groups is 1. The predicted octanol–water partition coefficient (Wildman–Crippen LogP) is 11.8. The topological polar surface area (TPSA) is 35.6 Å². The number of nitrogens with zero attached hydrogens (tertiary/aromatic N) is 2. The molecule has 6 heteroatoms. The van der Waals surface area contributed by atoms with Crippen molar-refractivity contribution >= 4 is 29.4 Å². The number of benzene rings is 6. The van der Waals surface area contributed by atoms with Crippen LogP contribution in [-0.4, -0.2) is 73.0 Å². The first-order chi connectivity index (χ1) is 29.6. The summed E-state index contributed by atoms with van der Waals surface area (Å²) >= 11 is 3.72. The van der Waals surface area contributed by atoms with Crippen LogP contribution in [0.2, 0.25) is 0 Å². The van der Waals surface area contributed by atoms with E-state index < -0.39 is 4.75 Å². The molecule has 0 aromatic heterocycles. The van der Waals surface area contributed by atoms with Gasteiger partial charge in [0.25, 0.3) is 0 Å². The molecule has 60 heavy (non-hydrogen) atoms. The second kappa shape index (κ2) is 24.0. The molecule has 0 unspecified atom stereocenters. The number of thioether (sulfide) groups is 2. The molecule has 4 nitrogen and oxygen atoms in total. The van der Waals surface area contributed by atoms with Crippen molar-refractivity contribution in [3.63, 3.8) is 0 Å². The maximum Gasteiger partial charge on any atom is 0.230 e. The first-order valence-corrected chi connectivity index (χ1v) is 23.9. The Balaban J connectivity index is 1.18. The van der Waals surface area contributed by atoms with Gasteiger partial charge in [-0.25, -0.2) is 0 Å².